The molecule has 1 fully saturated rings. The highest BCUT2D eigenvalue weighted by Crippen LogP contribution is 2.34. The first-order chi connectivity index (χ1) is 4.97. The highest BCUT2D eigenvalue weighted by Gasteiger charge is 2.37. The van der Waals surface area contributed by atoms with Gasteiger partial charge in [-0.3, -0.25) is 0 Å². The van der Waals surface area contributed by atoms with Gasteiger partial charge in [0.15, 0.2) is 0 Å². The zero-order chi connectivity index (χ0) is 8.54. The topological polar surface area (TPSA) is 32.3 Å². The average molecular weight is 157 g/mol. The molecule has 0 spiro atoms. The Hall–Kier alpha value is -0.0800. The first kappa shape index (κ1) is 9.01. The van der Waals surface area contributed by atoms with Gasteiger partial charge in [0, 0.05) is 24.1 Å². The lowest BCUT2D eigenvalue weighted by atomic mass is 9.94. The Morgan fingerprint density at radius 1 is 1.45 bits per heavy atom. The van der Waals surface area contributed by atoms with Crippen LogP contribution in [0.4, 0.5) is 0 Å². The highest BCUT2D eigenvalue weighted by atomic mass is 16.3. The predicted octanol–water partition coefficient (Wildman–Crippen LogP) is 1.15. The molecule has 11 heavy (non-hydrogen) atoms. The van der Waals surface area contributed by atoms with Crippen LogP contribution < -0.4 is 5.32 Å². The fourth-order valence-electron chi connectivity index (χ4n) is 0.873. The summed E-state index contributed by atoms with van der Waals surface area (Å²) in [6.07, 6.45) is 2.57. The van der Waals surface area contributed by atoms with Crippen molar-refractivity contribution in [1.29, 1.82) is 0 Å². The van der Waals surface area contributed by atoms with Gasteiger partial charge in [-0.1, -0.05) is 13.8 Å². The summed E-state index contributed by atoms with van der Waals surface area (Å²) in [6.45, 7) is 7.56. The molecule has 0 heterocycles. The summed E-state index contributed by atoms with van der Waals surface area (Å²) in [4.78, 5) is 0. The van der Waals surface area contributed by atoms with Crippen molar-refractivity contribution in [3.63, 3.8) is 0 Å². The third-order valence-corrected chi connectivity index (χ3v) is 2.42. The van der Waals surface area contributed by atoms with Gasteiger partial charge in [-0.05, 0) is 19.8 Å². The van der Waals surface area contributed by atoms with Crippen molar-refractivity contribution in [3.05, 3.63) is 0 Å². The third-order valence-electron chi connectivity index (χ3n) is 2.42. The molecule has 1 rings (SSSR count). The van der Waals surface area contributed by atoms with Gasteiger partial charge in [-0.2, -0.15) is 0 Å². The molecule has 2 nitrogen and oxygen atoms in total. The highest BCUT2D eigenvalue weighted by molar-refractivity contribution is 4.98. The van der Waals surface area contributed by atoms with Crippen molar-refractivity contribution < 1.29 is 5.11 Å². The zero-order valence-electron chi connectivity index (χ0n) is 7.78. The summed E-state index contributed by atoms with van der Waals surface area (Å²) in [5.74, 6) is 0. The summed E-state index contributed by atoms with van der Waals surface area (Å²) >= 11 is 0. The van der Waals surface area contributed by atoms with E-state index < -0.39 is 0 Å². The van der Waals surface area contributed by atoms with Gasteiger partial charge in [-0.25, -0.2) is 0 Å². The Morgan fingerprint density at radius 3 is 2.36 bits per heavy atom. The average Bonchev–Trinajstić information content (AvgIpc) is 2.66. The molecule has 2 N–H and O–H groups in total. The Balaban J connectivity index is 2.20. The zero-order valence-corrected chi connectivity index (χ0v) is 7.78. The van der Waals surface area contributed by atoms with Crippen LogP contribution in [-0.2, 0) is 0 Å². The second-order valence-corrected chi connectivity index (χ2v) is 4.74. The van der Waals surface area contributed by atoms with Crippen LogP contribution in [0, 0.1) is 5.41 Å². The van der Waals surface area contributed by atoms with Gasteiger partial charge < -0.3 is 10.4 Å². The third kappa shape index (κ3) is 2.80. The van der Waals surface area contributed by atoms with Crippen molar-refractivity contribution in [1.82, 2.24) is 5.32 Å². The fourth-order valence-corrected chi connectivity index (χ4v) is 0.873. The van der Waals surface area contributed by atoms with Crippen LogP contribution in [0.1, 0.15) is 33.6 Å². The van der Waals surface area contributed by atoms with Gasteiger partial charge in [0.05, 0.1) is 0 Å². The van der Waals surface area contributed by atoms with Gasteiger partial charge >= 0.3 is 0 Å². The second-order valence-electron chi connectivity index (χ2n) is 4.74. The van der Waals surface area contributed by atoms with Gasteiger partial charge in [0.25, 0.3) is 0 Å². The standard InChI is InChI=1S/C9H19NO/c1-8(2,7-11)6-10-9(3)4-5-9/h10-11H,4-7H2,1-3H3. The van der Waals surface area contributed by atoms with Crippen LogP contribution in [0.15, 0.2) is 0 Å². The molecule has 0 atom stereocenters. The van der Waals surface area contributed by atoms with E-state index in [9.17, 15) is 0 Å². The van der Waals surface area contributed by atoms with Crippen LogP contribution in [0.5, 0.6) is 0 Å². The predicted molar refractivity (Wildman–Crippen MR) is 46.5 cm³/mol. The first-order valence-electron chi connectivity index (χ1n) is 4.33. The molecule has 0 aromatic carbocycles. The lowest BCUT2D eigenvalue weighted by molar-refractivity contribution is 0.152. The maximum Gasteiger partial charge on any atom is 0.0494 e. The van der Waals surface area contributed by atoms with Gasteiger partial charge in [0.1, 0.15) is 0 Å². The van der Waals surface area contributed by atoms with E-state index in [1.165, 1.54) is 12.8 Å². The molecule has 1 saturated carbocycles. The van der Waals surface area contributed by atoms with Crippen LogP contribution in [0.2, 0.25) is 0 Å². The Bertz CT molecular complexity index is 138. The molecule has 1 aliphatic carbocycles. The van der Waals surface area contributed by atoms with Crippen LogP contribution in [-0.4, -0.2) is 23.8 Å². The number of hydrogen-bond acceptors (Lipinski definition) is 2. The number of nitrogens with one attached hydrogen (secondary N) is 1. The molecule has 66 valence electrons. The number of hydrogen-bond donors (Lipinski definition) is 2. The maximum absolute atomic E-state index is 8.97. The van der Waals surface area contributed by atoms with E-state index >= 15 is 0 Å². The lowest BCUT2D eigenvalue weighted by Gasteiger charge is -2.24. The minimum absolute atomic E-state index is 0.0333. The molecule has 1 aliphatic rings. The molecule has 0 bridgehead atoms. The molecule has 0 aliphatic heterocycles. The SMILES string of the molecule is CC(C)(CO)CNC1(C)CC1. The van der Waals surface area contributed by atoms with Crippen molar-refractivity contribution in [2.45, 2.75) is 39.2 Å². The molecular formula is C9H19NO. The van der Waals surface area contributed by atoms with Crippen molar-refractivity contribution in [2.24, 2.45) is 5.41 Å². The van der Waals surface area contributed by atoms with E-state index in [-0.39, 0.29) is 12.0 Å². The minimum atomic E-state index is 0.0333. The molecule has 2 heteroatoms. The van der Waals surface area contributed by atoms with Crippen LogP contribution in [0.25, 0.3) is 0 Å². The molecule has 0 amide bonds. The van der Waals surface area contributed by atoms with Crippen LogP contribution >= 0.6 is 0 Å². The van der Waals surface area contributed by atoms with Crippen molar-refractivity contribution in [2.75, 3.05) is 13.2 Å². The van der Waals surface area contributed by atoms with E-state index in [2.05, 4.69) is 26.1 Å². The Morgan fingerprint density at radius 2 is 2.00 bits per heavy atom. The maximum atomic E-state index is 8.97. The number of aliphatic hydroxyl groups is 1. The molecule has 0 aromatic rings. The summed E-state index contributed by atoms with van der Waals surface area (Å²) in [5.41, 5.74) is 0.429. The van der Waals surface area contributed by atoms with Crippen molar-refractivity contribution >= 4 is 0 Å². The van der Waals surface area contributed by atoms with E-state index in [1.54, 1.807) is 0 Å². The molecule has 0 saturated heterocycles. The van der Waals surface area contributed by atoms with E-state index in [4.69, 9.17) is 5.11 Å². The molecule has 0 radical (unpaired) electrons. The summed E-state index contributed by atoms with van der Waals surface area (Å²) in [7, 11) is 0. The van der Waals surface area contributed by atoms with E-state index in [0.717, 1.165) is 6.54 Å². The molecule has 0 aromatic heterocycles. The smallest absolute Gasteiger partial charge is 0.0494 e. The minimum Gasteiger partial charge on any atom is -0.396 e. The number of aliphatic hydroxyl groups excluding tert-OH is 1. The van der Waals surface area contributed by atoms with E-state index in [0.29, 0.717) is 5.54 Å². The van der Waals surface area contributed by atoms with Crippen LogP contribution in [0.3, 0.4) is 0 Å². The monoisotopic (exact) mass is 157 g/mol. The largest absolute Gasteiger partial charge is 0.396 e. The normalized spacial score (nSPS) is 21.8. The summed E-state index contributed by atoms with van der Waals surface area (Å²) < 4.78 is 0. The quantitative estimate of drug-likeness (QED) is 0.641. The Kier molecular flexibility index (Phi) is 2.26. The van der Waals surface area contributed by atoms with Gasteiger partial charge in [-0.15, -0.1) is 0 Å². The summed E-state index contributed by atoms with van der Waals surface area (Å²) in [6, 6.07) is 0. The lowest BCUT2D eigenvalue weighted by Crippen LogP contribution is -2.38. The molecular weight excluding hydrogens is 138 g/mol. The Labute approximate surface area is 69.0 Å². The molecule has 0 unspecified atom stereocenters. The summed E-state index contributed by atoms with van der Waals surface area (Å²) in [5, 5.41) is 12.4. The number of rotatable bonds is 4. The first-order valence-corrected chi connectivity index (χ1v) is 4.33. The fraction of sp³-hybridized carbons (Fsp3) is 1.00. The van der Waals surface area contributed by atoms with E-state index in [1.807, 2.05) is 0 Å². The van der Waals surface area contributed by atoms with Gasteiger partial charge in [0.2, 0.25) is 0 Å². The second kappa shape index (κ2) is 2.76. The van der Waals surface area contributed by atoms with Crippen molar-refractivity contribution in [3.8, 4) is 0 Å².